The van der Waals surface area contributed by atoms with Crippen LogP contribution < -0.4 is 16.0 Å². The van der Waals surface area contributed by atoms with E-state index in [9.17, 15) is 9.59 Å². The van der Waals surface area contributed by atoms with E-state index in [1.807, 2.05) is 18.2 Å². The minimum atomic E-state index is -0.377. The molecule has 1 fully saturated rings. The largest absolute Gasteiger partial charge is 0.351 e. The topological polar surface area (TPSA) is 70.2 Å². The molecule has 0 aliphatic carbocycles. The summed E-state index contributed by atoms with van der Waals surface area (Å²) in [5.41, 5.74) is 0.944. The van der Waals surface area contributed by atoms with Gasteiger partial charge in [0.1, 0.15) is 6.04 Å². The molecule has 0 spiro atoms. The van der Waals surface area contributed by atoms with Gasteiger partial charge in [-0.1, -0.05) is 23.7 Å². The van der Waals surface area contributed by atoms with Gasteiger partial charge < -0.3 is 16.0 Å². The fraction of sp³-hybridized carbons (Fsp3) is 0.429. The van der Waals surface area contributed by atoms with E-state index in [-0.39, 0.29) is 23.9 Å². The molecule has 2 amide bonds. The van der Waals surface area contributed by atoms with Gasteiger partial charge in [0, 0.05) is 18.5 Å². The number of nitrogens with one attached hydrogen (secondary N) is 3. The highest BCUT2D eigenvalue weighted by Gasteiger charge is 2.32. The quantitative estimate of drug-likeness (QED) is 0.770. The van der Waals surface area contributed by atoms with Crippen molar-refractivity contribution in [2.75, 3.05) is 6.54 Å². The Kier molecular flexibility index (Phi) is 4.98. The molecule has 0 aromatic heterocycles. The second kappa shape index (κ2) is 6.72. The predicted octanol–water partition coefficient (Wildman–Crippen LogP) is 0.823. The Morgan fingerprint density at radius 3 is 2.95 bits per heavy atom. The van der Waals surface area contributed by atoms with Crippen LogP contribution in [0.4, 0.5) is 0 Å². The summed E-state index contributed by atoms with van der Waals surface area (Å²) in [7, 11) is 0. The van der Waals surface area contributed by atoms with E-state index in [1.165, 1.54) is 6.92 Å². The van der Waals surface area contributed by atoms with Crippen LogP contribution in [-0.2, 0) is 16.1 Å². The Balaban J connectivity index is 1.89. The SMILES string of the molecule is CC(=O)NC1CCNC1C(=O)NCc1cccc(Cl)c1. The second-order valence-electron chi connectivity index (χ2n) is 4.88. The van der Waals surface area contributed by atoms with Crippen molar-refractivity contribution in [1.29, 1.82) is 0 Å². The third kappa shape index (κ3) is 3.95. The van der Waals surface area contributed by atoms with Crippen molar-refractivity contribution in [1.82, 2.24) is 16.0 Å². The lowest BCUT2D eigenvalue weighted by Gasteiger charge is -2.19. The molecule has 1 aliphatic heterocycles. The first-order valence-electron chi connectivity index (χ1n) is 6.59. The predicted molar refractivity (Wildman–Crippen MR) is 77.3 cm³/mol. The van der Waals surface area contributed by atoms with Gasteiger partial charge in [0.2, 0.25) is 11.8 Å². The summed E-state index contributed by atoms with van der Waals surface area (Å²) in [4.78, 5) is 23.2. The normalized spacial score (nSPS) is 21.5. The highest BCUT2D eigenvalue weighted by atomic mass is 35.5. The second-order valence-corrected chi connectivity index (χ2v) is 5.31. The average Bonchev–Trinajstić information content (AvgIpc) is 2.83. The molecule has 5 nitrogen and oxygen atoms in total. The third-order valence-electron chi connectivity index (χ3n) is 3.25. The molecule has 1 heterocycles. The van der Waals surface area contributed by atoms with Crippen molar-refractivity contribution in [3.8, 4) is 0 Å². The molecule has 0 saturated carbocycles. The van der Waals surface area contributed by atoms with E-state index in [4.69, 9.17) is 11.6 Å². The maximum absolute atomic E-state index is 12.1. The lowest BCUT2D eigenvalue weighted by Crippen LogP contribution is -2.51. The number of hydrogen-bond acceptors (Lipinski definition) is 3. The van der Waals surface area contributed by atoms with E-state index in [1.54, 1.807) is 6.07 Å². The first-order valence-corrected chi connectivity index (χ1v) is 6.96. The van der Waals surface area contributed by atoms with Crippen LogP contribution in [0.1, 0.15) is 18.9 Å². The third-order valence-corrected chi connectivity index (χ3v) is 3.48. The number of amides is 2. The summed E-state index contributed by atoms with van der Waals surface area (Å²) in [6, 6.07) is 6.83. The molecule has 108 valence electrons. The first-order chi connectivity index (χ1) is 9.56. The van der Waals surface area contributed by atoms with Crippen molar-refractivity contribution in [2.45, 2.75) is 32.0 Å². The first kappa shape index (κ1) is 14.8. The minimum Gasteiger partial charge on any atom is -0.351 e. The summed E-state index contributed by atoms with van der Waals surface area (Å²) in [5.74, 6) is -0.229. The highest BCUT2D eigenvalue weighted by molar-refractivity contribution is 6.30. The van der Waals surface area contributed by atoms with Crippen LogP contribution in [0.3, 0.4) is 0 Å². The molecule has 6 heteroatoms. The maximum Gasteiger partial charge on any atom is 0.239 e. The Morgan fingerprint density at radius 1 is 1.45 bits per heavy atom. The monoisotopic (exact) mass is 295 g/mol. The number of hydrogen-bond donors (Lipinski definition) is 3. The molecule has 1 aromatic carbocycles. The van der Waals surface area contributed by atoms with Crippen LogP contribution >= 0.6 is 11.6 Å². The molecule has 0 radical (unpaired) electrons. The van der Waals surface area contributed by atoms with Crippen molar-refractivity contribution in [3.63, 3.8) is 0 Å². The van der Waals surface area contributed by atoms with Crippen LogP contribution in [0.5, 0.6) is 0 Å². The standard InChI is InChI=1S/C14H18ClN3O2/c1-9(19)18-12-5-6-16-13(12)14(20)17-8-10-3-2-4-11(15)7-10/h2-4,7,12-13,16H,5-6,8H2,1H3,(H,17,20)(H,18,19). The Hall–Kier alpha value is -1.59. The lowest BCUT2D eigenvalue weighted by atomic mass is 10.1. The van der Waals surface area contributed by atoms with Gasteiger partial charge in [-0.25, -0.2) is 0 Å². The molecule has 20 heavy (non-hydrogen) atoms. The van der Waals surface area contributed by atoms with E-state index in [0.717, 1.165) is 18.5 Å². The van der Waals surface area contributed by atoms with Gasteiger partial charge >= 0.3 is 0 Å². The molecule has 1 aliphatic rings. The summed E-state index contributed by atoms with van der Waals surface area (Å²) >= 11 is 5.90. The van der Waals surface area contributed by atoms with E-state index in [2.05, 4.69) is 16.0 Å². The lowest BCUT2D eigenvalue weighted by molar-refractivity contribution is -0.124. The molecular weight excluding hydrogens is 278 g/mol. The molecule has 2 rings (SSSR count). The van der Waals surface area contributed by atoms with Crippen LogP contribution in [0, 0.1) is 0 Å². The smallest absolute Gasteiger partial charge is 0.239 e. The van der Waals surface area contributed by atoms with Crippen molar-refractivity contribution >= 4 is 23.4 Å². The van der Waals surface area contributed by atoms with Crippen LogP contribution in [-0.4, -0.2) is 30.4 Å². The zero-order valence-electron chi connectivity index (χ0n) is 11.3. The van der Waals surface area contributed by atoms with Gasteiger partial charge in [-0.15, -0.1) is 0 Å². The van der Waals surface area contributed by atoms with Crippen molar-refractivity contribution in [2.24, 2.45) is 0 Å². The van der Waals surface area contributed by atoms with E-state index in [0.29, 0.717) is 11.6 Å². The highest BCUT2D eigenvalue weighted by Crippen LogP contribution is 2.11. The molecule has 1 aromatic rings. The zero-order valence-corrected chi connectivity index (χ0v) is 12.0. The van der Waals surface area contributed by atoms with Gasteiger partial charge in [0.25, 0.3) is 0 Å². The van der Waals surface area contributed by atoms with Crippen molar-refractivity contribution < 1.29 is 9.59 Å². The molecule has 0 bridgehead atoms. The molecular formula is C14H18ClN3O2. The number of rotatable bonds is 4. The van der Waals surface area contributed by atoms with Gasteiger partial charge in [0.05, 0.1) is 6.04 Å². The summed E-state index contributed by atoms with van der Waals surface area (Å²) in [6.07, 6.45) is 0.759. The van der Waals surface area contributed by atoms with E-state index < -0.39 is 0 Å². The fourth-order valence-corrected chi connectivity index (χ4v) is 2.55. The molecule has 2 unspecified atom stereocenters. The number of halogens is 1. The fourth-order valence-electron chi connectivity index (χ4n) is 2.34. The Bertz CT molecular complexity index is 507. The Labute approximate surface area is 123 Å². The summed E-state index contributed by atoms with van der Waals surface area (Å²) in [6.45, 7) is 2.60. The Morgan fingerprint density at radius 2 is 2.25 bits per heavy atom. The summed E-state index contributed by atoms with van der Waals surface area (Å²) in [5, 5.41) is 9.41. The average molecular weight is 296 g/mol. The minimum absolute atomic E-state index is 0.110. The van der Waals surface area contributed by atoms with Crippen LogP contribution in [0.25, 0.3) is 0 Å². The van der Waals surface area contributed by atoms with Crippen LogP contribution in [0.2, 0.25) is 5.02 Å². The molecule has 1 saturated heterocycles. The number of carbonyl (C=O) groups excluding carboxylic acids is 2. The molecule has 2 atom stereocenters. The molecule has 3 N–H and O–H groups in total. The van der Waals surface area contributed by atoms with Gasteiger partial charge in [0.15, 0.2) is 0 Å². The maximum atomic E-state index is 12.1. The van der Waals surface area contributed by atoms with Crippen LogP contribution in [0.15, 0.2) is 24.3 Å². The van der Waals surface area contributed by atoms with Crippen molar-refractivity contribution in [3.05, 3.63) is 34.9 Å². The summed E-state index contributed by atoms with van der Waals surface area (Å²) < 4.78 is 0. The number of benzene rings is 1. The zero-order chi connectivity index (χ0) is 14.5. The van der Waals surface area contributed by atoms with Gasteiger partial charge in [-0.3, -0.25) is 9.59 Å². The number of carbonyl (C=O) groups is 2. The van der Waals surface area contributed by atoms with E-state index >= 15 is 0 Å². The van der Waals surface area contributed by atoms with Gasteiger partial charge in [-0.2, -0.15) is 0 Å². The van der Waals surface area contributed by atoms with Gasteiger partial charge in [-0.05, 0) is 30.7 Å².